The summed E-state index contributed by atoms with van der Waals surface area (Å²) in [6.45, 7) is 4.11. The molecule has 2 aromatic rings. The van der Waals surface area contributed by atoms with Gasteiger partial charge in [0.25, 0.3) is 5.91 Å². The minimum atomic E-state index is -1.03. The summed E-state index contributed by atoms with van der Waals surface area (Å²) in [6, 6.07) is 6.70. The largest absolute Gasteiger partial charge is 0.484 e. The van der Waals surface area contributed by atoms with Crippen molar-refractivity contribution in [1.82, 2.24) is 10.1 Å². The van der Waals surface area contributed by atoms with Crippen LogP contribution in [-0.2, 0) is 11.4 Å². The minimum Gasteiger partial charge on any atom is -0.484 e. The molecule has 1 amide bonds. The van der Waals surface area contributed by atoms with E-state index < -0.39 is 5.97 Å². The Balaban J connectivity index is 2.08. The number of benzene rings is 1. The van der Waals surface area contributed by atoms with Crippen LogP contribution in [0.25, 0.3) is 0 Å². The summed E-state index contributed by atoms with van der Waals surface area (Å²) in [6.07, 6.45) is 1.62. The van der Waals surface area contributed by atoms with Gasteiger partial charge < -0.3 is 19.3 Å². The van der Waals surface area contributed by atoms with Crippen molar-refractivity contribution in [2.75, 3.05) is 13.1 Å². The van der Waals surface area contributed by atoms with Crippen LogP contribution in [0.2, 0.25) is 0 Å². The van der Waals surface area contributed by atoms with Crippen LogP contribution in [0.15, 0.2) is 33.3 Å². The van der Waals surface area contributed by atoms with Gasteiger partial charge >= 0.3 is 5.97 Å². The Bertz CT molecular complexity index is 775. The molecule has 7 nitrogen and oxygen atoms in total. The predicted octanol–water partition coefficient (Wildman–Crippen LogP) is 3.65. The third-order valence-electron chi connectivity index (χ3n) is 3.62. The van der Waals surface area contributed by atoms with Crippen LogP contribution in [-0.4, -0.2) is 40.1 Å². The highest BCUT2D eigenvalue weighted by Gasteiger charge is 2.19. The summed E-state index contributed by atoms with van der Waals surface area (Å²) in [4.78, 5) is 25.0. The van der Waals surface area contributed by atoms with E-state index in [2.05, 4.69) is 21.1 Å². The fraction of sp³-hybridized carbons (Fsp3) is 0.389. The number of aromatic nitrogens is 1. The van der Waals surface area contributed by atoms with E-state index in [9.17, 15) is 9.59 Å². The predicted molar refractivity (Wildman–Crippen MR) is 98.2 cm³/mol. The van der Waals surface area contributed by atoms with Crippen LogP contribution in [0.5, 0.6) is 5.75 Å². The van der Waals surface area contributed by atoms with Crippen molar-refractivity contribution in [3.05, 3.63) is 45.8 Å². The van der Waals surface area contributed by atoms with Gasteiger partial charge in [-0.2, -0.15) is 0 Å². The van der Waals surface area contributed by atoms with E-state index in [1.165, 1.54) is 4.90 Å². The molecule has 0 aliphatic heterocycles. The Morgan fingerprint density at radius 3 is 2.69 bits per heavy atom. The number of rotatable bonds is 9. The van der Waals surface area contributed by atoms with Crippen molar-refractivity contribution in [3.8, 4) is 5.75 Å². The van der Waals surface area contributed by atoms with Crippen molar-refractivity contribution in [1.29, 1.82) is 0 Å². The van der Waals surface area contributed by atoms with Crippen LogP contribution >= 0.6 is 15.9 Å². The highest BCUT2D eigenvalue weighted by atomic mass is 79.9. The summed E-state index contributed by atoms with van der Waals surface area (Å²) in [5.41, 5.74) is 1.17. The van der Waals surface area contributed by atoms with Gasteiger partial charge in [-0.3, -0.25) is 9.59 Å². The lowest BCUT2D eigenvalue weighted by molar-refractivity contribution is -0.137. The van der Waals surface area contributed by atoms with E-state index in [1.54, 1.807) is 24.3 Å². The highest BCUT2D eigenvalue weighted by molar-refractivity contribution is 9.10. The van der Waals surface area contributed by atoms with Gasteiger partial charge in [0.15, 0.2) is 5.76 Å². The van der Waals surface area contributed by atoms with E-state index >= 15 is 0 Å². The zero-order chi connectivity index (χ0) is 19.1. The van der Waals surface area contributed by atoms with Gasteiger partial charge in [-0.15, -0.1) is 0 Å². The fourth-order valence-electron chi connectivity index (χ4n) is 2.33. The number of carbonyl (C=O) groups is 2. The monoisotopic (exact) mass is 424 g/mol. The molecular formula is C18H21BrN2O5. The molecule has 26 heavy (non-hydrogen) atoms. The number of amides is 1. The normalized spacial score (nSPS) is 10.6. The summed E-state index contributed by atoms with van der Waals surface area (Å²) in [5.74, 6) is -0.203. The molecule has 0 fully saturated rings. The van der Waals surface area contributed by atoms with E-state index in [0.717, 1.165) is 18.5 Å². The lowest BCUT2D eigenvalue weighted by atomic mass is 10.1. The Labute approximate surface area is 160 Å². The minimum absolute atomic E-state index is 0.217. The van der Waals surface area contributed by atoms with Gasteiger partial charge in [0.1, 0.15) is 18.9 Å². The van der Waals surface area contributed by atoms with E-state index in [-0.39, 0.29) is 19.1 Å². The fourth-order valence-corrected chi connectivity index (χ4v) is 2.82. The molecule has 0 unspecified atom stereocenters. The average Bonchev–Trinajstić information content (AvgIpc) is 3.02. The summed E-state index contributed by atoms with van der Waals surface area (Å²) in [7, 11) is 0. The van der Waals surface area contributed by atoms with Gasteiger partial charge in [-0.05, 0) is 47.5 Å². The van der Waals surface area contributed by atoms with Crippen LogP contribution in [0, 0.1) is 6.92 Å². The van der Waals surface area contributed by atoms with E-state index in [4.69, 9.17) is 14.4 Å². The molecule has 140 valence electrons. The number of halogens is 1. The molecule has 0 radical (unpaired) electrons. The first-order chi connectivity index (χ1) is 12.4. The van der Waals surface area contributed by atoms with Crippen LogP contribution in [0.4, 0.5) is 0 Å². The molecule has 0 saturated carbocycles. The topological polar surface area (TPSA) is 92.9 Å². The molecule has 0 saturated heterocycles. The number of ether oxygens (including phenoxy) is 1. The average molecular weight is 425 g/mol. The van der Waals surface area contributed by atoms with E-state index in [0.29, 0.717) is 28.1 Å². The van der Waals surface area contributed by atoms with Gasteiger partial charge in [0.05, 0.1) is 10.2 Å². The lowest BCUT2D eigenvalue weighted by Gasteiger charge is -2.21. The maximum atomic E-state index is 12.6. The SMILES string of the molecule is CCCCN(CC(=O)O)C(=O)c1ccc(OCc2cc(C)no2)c(Br)c1. The number of aryl methyl sites for hydroxylation is 1. The molecule has 0 aliphatic carbocycles. The first-order valence-electron chi connectivity index (χ1n) is 8.26. The van der Waals surface area contributed by atoms with Crippen molar-refractivity contribution < 1.29 is 24.0 Å². The number of carboxylic acid groups (broad SMARTS) is 1. The number of aliphatic carboxylic acids is 1. The zero-order valence-corrected chi connectivity index (χ0v) is 16.3. The second-order valence-corrected chi connectivity index (χ2v) is 6.70. The molecule has 8 heteroatoms. The number of unbranched alkanes of at least 4 members (excludes halogenated alkanes) is 1. The van der Waals surface area contributed by atoms with Crippen molar-refractivity contribution in [3.63, 3.8) is 0 Å². The molecule has 0 aliphatic rings. The van der Waals surface area contributed by atoms with Gasteiger partial charge in [0.2, 0.25) is 0 Å². The molecule has 1 N–H and O–H groups in total. The highest BCUT2D eigenvalue weighted by Crippen LogP contribution is 2.27. The number of carbonyl (C=O) groups excluding carboxylic acids is 1. The maximum absolute atomic E-state index is 12.6. The summed E-state index contributed by atoms with van der Waals surface area (Å²) in [5, 5.41) is 12.8. The van der Waals surface area contributed by atoms with Crippen LogP contribution < -0.4 is 4.74 Å². The Morgan fingerprint density at radius 2 is 2.12 bits per heavy atom. The molecule has 1 aromatic heterocycles. The molecule has 2 rings (SSSR count). The van der Waals surface area contributed by atoms with Gasteiger partial charge in [-0.25, -0.2) is 0 Å². The van der Waals surface area contributed by atoms with Crippen molar-refractivity contribution in [2.24, 2.45) is 0 Å². The Morgan fingerprint density at radius 1 is 1.35 bits per heavy atom. The number of hydrogen-bond donors (Lipinski definition) is 1. The number of hydrogen-bond acceptors (Lipinski definition) is 5. The Hall–Kier alpha value is -2.35. The summed E-state index contributed by atoms with van der Waals surface area (Å²) < 4.78 is 11.4. The standard InChI is InChI=1S/C18H21BrN2O5/c1-3-4-7-21(10-17(22)23)18(24)13-5-6-16(15(19)9-13)25-11-14-8-12(2)20-26-14/h5-6,8-9H,3-4,7,10-11H2,1-2H3,(H,22,23). The zero-order valence-electron chi connectivity index (χ0n) is 14.7. The quantitative estimate of drug-likeness (QED) is 0.660. The summed E-state index contributed by atoms with van der Waals surface area (Å²) >= 11 is 3.39. The molecule has 0 atom stereocenters. The molecule has 1 aromatic carbocycles. The first kappa shape index (κ1) is 20.0. The smallest absolute Gasteiger partial charge is 0.323 e. The van der Waals surface area contributed by atoms with Crippen molar-refractivity contribution in [2.45, 2.75) is 33.3 Å². The van der Waals surface area contributed by atoms with Gasteiger partial charge in [0, 0.05) is 18.2 Å². The second-order valence-electron chi connectivity index (χ2n) is 5.84. The van der Waals surface area contributed by atoms with Gasteiger partial charge in [-0.1, -0.05) is 18.5 Å². The molecular weight excluding hydrogens is 404 g/mol. The third kappa shape index (κ3) is 5.59. The number of nitrogens with zero attached hydrogens (tertiary/aromatic N) is 2. The Kier molecular flexibility index (Phi) is 7.20. The first-order valence-corrected chi connectivity index (χ1v) is 9.05. The lowest BCUT2D eigenvalue weighted by Crippen LogP contribution is -2.36. The molecule has 0 bridgehead atoms. The van der Waals surface area contributed by atoms with Crippen LogP contribution in [0.1, 0.15) is 41.6 Å². The molecule has 1 heterocycles. The van der Waals surface area contributed by atoms with Crippen LogP contribution in [0.3, 0.4) is 0 Å². The second kappa shape index (κ2) is 9.38. The molecule has 0 spiro atoms. The third-order valence-corrected chi connectivity index (χ3v) is 4.24. The maximum Gasteiger partial charge on any atom is 0.323 e. The van der Waals surface area contributed by atoms with Crippen molar-refractivity contribution >= 4 is 27.8 Å². The van der Waals surface area contributed by atoms with E-state index in [1.807, 2.05) is 13.8 Å². The number of carboxylic acids is 1.